The molecule has 0 saturated heterocycles. The van der Waals surface area contributed by atoms with E-state index < -0.39 is 63.7 Å². The average Bonchev–Trinajstić information content (AvgIpc) is 2.95. The molecule has 0 aromatic heterocycles. The molecule has 0 fully saturated rings. The van der Waals surface area contributed by atoms with Gasteiger partial charge in [-0.05, 0) is 0 Å². The van der Waals surface area contributed by atoms with Crippen LogP contribution in [-0.2, 0) is 18.9 Å². The number of ether oxygens (including phenoxy) is 4. The maximum absolute atomic E-state index is 8.50. The van der Waals surface area contributed by atoms with Crippen molar-refractivity contribution in [1.82, 2.24) is 0 Å². The molecule has 0 bridgehead atoms. The summed E-state index contributed by atoms with van der Waals surface area (Å²) in [7, 11) is 0. The van der Waals surface area contributed by atoms with Crippen molar-refractivity contribution in [3.63, 3.8) is 0 Å². The largest absolute Gasteiger partial charge is 0.396 e. The summed E-state index contributed by atoms with van der Waals surface area (Å²) >= 11 is 1.78. The second-order valence-electron chi connectivity index (χ2n) is 7.77. The molecule has 0 atom stereocenters. The Balaban J connectivity index is -0.000000534. The Hall–Kier alpha value is -0.210. The lowest BCUT2D eigenvalue weighted by Gasteiger charge is -2.23. The summed E-state index contributed by atoms with van der Waals surface area (Å²) in [6.07, 6.45) is 0. The molecule has 0 spiro atoms. The third kappa shape index (κ3) is 25.8. The lowest BCUT2D eigenvalue weighted by molar-refractivity contribution is -0.0332. The predicted octanol–water partition coefficient (Wildman–Crippen LogP) is -4.35. The molecule has 0 aliphatic heterocycles. The normalized spacial score (nSPS) is 11.5. The van der Waals surface area contributed by atoms with Gasteiger partial charge in [0.1, 0.15) is 0 Å². The molecule has 37 heavy (non-hydrogen) atoms. The lowest BCUT2D eigenvalue weighted by Crippen LogP contribution is -2.37. The van der Waals surface area contributed by atoms with Crippen molar-refractivity contribution in [1.29, 1.82) is 0 Å². The van der Waals surface area contributed by atoms with Crippen molar-refractivity contribution in [2.45, 2.75) is 0 Å². The van der Waals surface area contributed by atoms with Gasteiger partial charge in [0.2, 0.25) is 0 Å². The van der Waals surface area contributed by atoms with E-state index in [4.69, 9.17) is 70.0 Å². The zero-order chi connectivity index (χ0) is 28.7. The van der Waals surface area contributed by atoms with Crippen LogP contribution >= 0.6 is 11.8 Å². The van der Waals surface area contributed by atoms with Crippen molar-refractivity contribution < 1.29 is 70.0 Å². The number of thioether (sulfide) groups is 1. The van der Waals surface area contributed by atoms with Gasteiger partial charge in [0.25, 0.3) is 0 Å². The lowest BCUT2D eigenvalue weighted by atomic mass is 9.93. The summed E-state index contributed by atoms with van der Waals surface area (Å²) in [5.41, 5.74) is -2.22. The summed E-state index contributed by atoms with van der Waals surface area (Å²) in [5.74, 6) is 1.87. The van der Waals surface area contributed by atoms with Crippen LogP contribution in [0, 0.1) is 10.8 Å². The second-order valence-corrected chi connectivity index (χ2v) is 9.00. The van der Waals surface area contributed by atoms with Crippen LogP contribution in [0.4, 0.5) is 0 Å². The van der Waals surface area contributed by atoms with Crippen LogP contribution in [0.2, 0.25) is 0 Å². The minimum atomic E-state index is -1.11. The molecule has 0 unspecified atom stereocenters. The van der Waals surface area contributed by atoms with E-state index in [0.29, 0.717) is 52.9 Å². The molecule has 0 saturated carbocycles. The third-order valence-corrected chi connectivity index (χ3v) is 5.55. The Kier molecular flexibility index (Phi) is 35.7. The van der Waals surface area contributed by atoms with Gasteiger partial charge < -0.3 is 70.0 Å². The maximum Gasteiger partial charge on any atom is 0.0701 e. The van der Waals surface area contributed by atoms with Gasteiger partial charge in [-0.3, -0.25) is 0 Å². The van der Waals surface area contributed by atoms with Crippen LogP contribution in [-0.4, -0.2) is 181 Å². The van der Waals surface area contributed by atoms with E-state index >= 15 is 0 Å². The van der Waals surface area contributed by atoms with Gasteiger partial charge in [0, 0.05) is 11.5 Å². The minimum absolute atomic E-state index is 0.0564. The molecule has 0 radical (unpaired) electrons. The first-order valence-electron chi connectivity index (χ1n) is 11.9. The van der Waals surface area contributed by atoms with E-state index in [0.717, 1.165) is 11.5 Å². The Morgan fingerprint density at radius 1 is 0.351 bits per heavy atom. The molecule has 15 heteroatoms. The highest BCUT2D eigenvalue weighted by atomic mass is 32.2. The molecule has 0 amide bonds. The van der Waals surface area contributed by atoms with Crippen molar-refractivity contribution in [3.8, 4) is 0 Å². The smallest absolute Gasteiger partial charge is 0.0701 e. The van der Waals surface area contributed by atoms with Crippen LogP contribution in [0.25, 0.3) is 0 Å². The fraction of sp³-hybridized carbons (Fsp3) is 1.00. The molecule has 0 aromatic rings. The van der Waals surface area contributed by atoms with Gasteiger partial charge in [-0.1, -0.05) is 0 Å². The molecule has 10 N–H and O–H groups in total. The minimum Gasteiger partial charge on any atom is -0.396 e. The van der Waals surface area contributed by atoms with Gasteiger partial charge in [-0.15, -0.1) is 0 Å². The molecule has 0 rings (SSSR count). The monoisotopic (exact) mass is 570 g/mol. The maximum atomic E-state index is 8.50. The Morgan fingerprint density at radius 3 is 0.784 bits per heavy atom. The highest BCUT2D eigenvalue weighted by Crippen LogP contribution is 2.12. The molecule has 0 aliphatic carbocycles. The van der Waals surface area contributed by atoms with Crippen LogP contribution in [0.5, 0.6) is 0 Å². The average molecular weight is 571 g/mol. The fourth-order valence-electron chi connectivity index (χ4n) is 1.71. The zero-order valence-electron chi connectivity index (χ0n) is 21.7. The van der Waals surface area contributed by atoms with Crippen LogP contribution in [0.1, 0.15) is 0 Å². The standard InChI is InChI=1S/C12H26O6S.2C5H12O4/c13-1-3-15-5-7-17-9-11-19-12-10-18-8-6-16-4-2-14;2*6-1-5(2-7,3-8)4-9/h13-14H,1-12H2;2*6-9H,1-4H2. The van der Waals surface area contributed by atoms with E-state index in [1.807, 2.05) is 0 Å². The van der Waals surface area contributed by atoms with Crippen molar-refractivity contribution in [2.24, 2.45) is 10.8 Å². The summed E-state index contributed by atoms with van der Waals surface area (Å²) in [4.78, 5) is 0. The molecular weight excluding hydrogens is 520 g/mol. The van der Waals surface area contributed by atoms with E-state index in [2.05, 4.69) is 0 Å². The number of hydrogen-bond donors (Lipinski definition) is 10. The molecule has 0 aromatic carbocycles. The second kappa shape index (κ2) is 32.0. The van der Waals surface area contributed by atoms with E-state index in [1.165, 1.54) is 0 Å². The number of hydrogen-bond acceptors (Lipinski definition) is 15. The van der Waals surface area contributed by atoms with E-state index in [-0.39, 0.29) is 13.2 Å². The topological polar surface area (TPSA) is 239 Å². The van der Waals surface area contributed by atoms with Gasteiger partial charge >= 0.3 is 0 Å². The first-order chi connectivity index (χ1) is 17.9. The molecule has 228 valence electrons. The van der Waals surface area contributed by atoms with E-state index in [9.17, 15) is 0 Å². The highest BCUT2D eigenvalue weighted by molar-refractivity contribution is 7.99. The fourth-order valence-corrected chi connectivity index (χ4v) is 2.39. The SMILES string of the molecule is OCC(CO)(CO)CO.OCC(CO)(CO)CO.OCCOCCOCCSCCOCCOCCO. The van der Waals surface area contributed by atoms with Gasteiger partial charge in [-0.25, -0.2) is 0 Å². The Bertz CT molecular complexity index is 344. The predicted molar refractivity (Wildman–Crippen MR) is 136 cm³/mol. The van der Waals surface area contributed by atoms with Crippen molar-refractivity contribution in [3.05, 3.63) is 0 Å². The van der Waals surface area contributed by atoms with Crippen LogP contribution in [0.3, 0.4) is 0 Å². The Morgan fingerprint density at radius 2 is 0.595 bits per heavy atom. The molecule has 0 heterocycles. The molecule has 0 aliphatic rings. The first kappa shape index (κ1) is 41.3. The third-order valence-electron chi connectivity index (χ3n) is 4.64. The molecule has 14 nitrogen and oxygen atoms in total. The van der Waals surface area contributed by atoms with Gasteiger partial charge in [0.15, 0.2) is 0 Å². The van der Waals surface area contributed by atoms with E-state index in [1.54, 1.807) is 11.8 Å². The summed E-state index contributed by atoms with van der Waals surface area (Å²) in [6.45, 7) is 1.21. The van der Waals surface area contributed by atoms with Crippen LogP contribution < -0.4 is 0 Å². The number of rotatable bonds is 24. The van der Waals surface area contributed by atoms with Gasteiger partial charge in [-0.2, -0.15) is 11.8 Å². The van der Waals surface area contributed by atoms with Crippen molar-refractivity contribution >= 4 is 11.8 Å². The Labute approximate surface area is 223 Å². The first-order valence-corrected chi connectivity index (χ1v) is 13.0. The number of aliphatic hydroxyl groups excluding tert-OH is 10. The highest BCUT2D eigenvalue weighted by Gasteiger charge is 2.27. The quantitative estimate of drug-likeness (QED) is 0.0493. The molecular formula is C22H50O14S. The summed E-state index contributed by atoms with van der Waals surface area (Å²) in [6, 6.07) is 0. The zero-order valence-corrected chi connectivity index (χ0v) is 22.5. The van der Waals surface area contributed by atoms with Gasteiger partial charge in [0.05, 0.1) is 130 Å². The number of aliphatic hydroxyl groups is 10. The summed E-state index contributed by atoms with van der Waals surface area (Å²) in [5, 5.41) is 84.9. The summed E-state index contributed by atoms with van der Waals surface area (Å²) < 4.78 is 20.8. The van der Waals surface area contributed by atoms with Crippen molar-refractivity contribution in [2.75, 3.05) is 130 Å². The van der Waals surface area contributed by atoms with Crippen LogP contribution in [0.15, 0.2) is 0 Å².